The molecule has 0 atom stereocenters. The fraction of sp³-hybridized carbons (Fsp3) is 0.385. The second-order valence-electron chi connectivity index (χ2n) is 4.78. The van der Waals surface area contributed by atoms with E-state index in [4.69, 9.17) is 0 Å². The molecule has 1 heterocycles. The molecular formula is C13H16BrFN4. The molecule has 1 N–H and O–H groups in total. The third-order valence-corrected chi connectivity index (χ3v) is 3.21. The van der Waals surface area contributed by atoms with Crippen molar-refractivity contribution in [2.24, 2.45) is 5.92 Å². The highest BCUT2D eigenvalue weighted by molar-refractivity contribution is 9.10. The molecule has 6 heteroatoms. The average molecular weight is 327 g/mol. The number of nitrogens with zero attached hydrogens (tertiary/aromatic N) is 3. The first-order chi connectivity index (χ1) is 9.06. The lowest BCUT2D eigenvalue weighted by Crippen LogP contribution is -2.19. The highest BCUT2D eigenvalue weighted by Crippen LogP contribution is 2.18. The van der Waals surface area contributed by atoms with Gasteiger partial charge in [-0.1, -0.05) is 19.1 Å². The van der Waals surface area contributed by atoms with Gasteiger partial charge in [-0.15, -0.1) is 5.10 Å². The van der Waals surface area contributed by atoms with Gasteiger partial charge in [-0.3, -0.25) is 0 Å². The van der Waals surface area contributed by atoms with Crippen LogP contribution < -0.4 is 5.32 Å². The molecule has 0 aliphatic heterocycles. The van der Waals surface area contributed by atoms with E-state index < -0.39 is 0 Å². The van der Waals surface area contributed by atoms with E-state index in [0.29, 0.717) is 22.6 Å². The number of benzene rings is 1. The molecule has 2 aromatic rings. The number of aromatic nitrogens is 3. The van der Waals surface area contributed by atoms with Gasteiger partial charge in [0, 0.05) is 12.6 Å². The van der Waals surface area contributed by atoms with Crippen LogP contribution in [0.4, 0.5) is 4.39 Å². The van der Waals surface area contributed by atoms with E-state index in [1.807, 2.05) is 0 Å². The zero-order chi connectivity index (χ0) is 13.8. The first-order valence-corrected chi connectivity index (χ1v) is 6.93. The van der Waals surface area contributed by atoms with E-state index >= 15 is 0 Å². The van der Waals surface area contributed by atoms with Crippen LogP contribution in [0.15, 0.2) is 28.9 Å². The van der Waals surface area contributed by atoms with Crippen LogP contribution in [0.3, 0.4) is 0 Å². The van der Waals surface area contributed by atoms with E-state index in [2.05, 4.69) is 45.4 Å². The van der Waals surface area contributed by atoms with Crippen molar-refractivity contribution >= 4 is 15.9 Å². The lowest BCUT2D eigenvalue weighted by molar-refractivity contribution is 0.548. The van der Waals surface area contributed by atoms with Gasteiger partial charge in [0.25, 0.3) is 0 Å². The lowest BCUT2D eigenvalue weighted by atomic mass is 10.2. The second-order valence-corrected chi connectivity index (χ2v) is 5.63. The predicted molar refractivity (Wildman–Crippen MR) is 75.6 cm³/mol. The van der Waals surface area contributed by atoms with E-state index in [0.717, 1.165) is 12.2 Å². The number of hydrogen-bond donors (Lipinski definition) is 1. The largest absolute Gasteiger partial charge is 0.311 e. The summed E-state index contributed by atoms with van der Waals surface area (Å²) in [5, 5.41) is 11.3. The lowest BCUT2D eigenvalue weighted by Gasteiger charge is -2.04. The standard InChI is InChI=1S/C13H16BrFN4/c1-9(2)6-16-7-10-8-19(18-17-10)11-3-4-12(14)13(15)5-11/h3-5,8-9,16H,6-7H2,1-2H3. The Labute approximate surface area is 120 Å². The summed E-state index contributed by atoms with van der Waals surface area (Å²) in [6, 6.07) is 4.86. The molecule has 0 bridgehead atoms. The molecule has 0 radical (unpaired) electrons. The summed E-state index contributed by atoms with van der Waals surface area (Å²) in [5.74, 6) is 0.281. The van der Waals surface area contributed by atoms with Gasteiger partial charge in [-0.05, 0) is 40.5 Å². The first kappa shape index (κ1) is 14.1. The number of rotatable bonds is 5. The molecule has 0 aliphatic carbocycles. The summed E-state index contributed by atoms with van der Waals surface area (Å²) >= 11 is 3.12. The number of halogens is 2. The molecule has 0 saturated carbocycles. The number of nitrogens with one attached hydrogen (secondary N) is 1. The third-order valence-electron chi connectivity index (χ3n) is 2.57. The van der Waals surface area contributed by atoms with Crippen molar-refractivity contribution in [1.29, 1.82) is 0 Å². The van der Waals surface area contributed by atoms with Gasteiger partial charge in [0.05, 0.1) is 22.1 Å². The molecule has 0 saturated heterocycles. The van der Waals surface area contributed by atoms with Crippen molar-refractivity contribution in [3.63, 3.8) is 0 Å². The Morgan fingerprint density at radius 2 is 2.21 bits per heavy atom. The summed E-state index contributed by atoms with van der Waals surface area (Å²) < 4.78 is 15.5. The summed E-state index contributed by atoms with van der Waals surface area (Å²) in [5.41, 5.74) is 1.49. The maximum atomic E-state index is 13.4. The predicted octanol–water partition coefficient (Wildman–Crippen LogP) is 2.91. The molecule has 0 fully saturated rings. The molecule has 0 aliphatic rings. The van der Waals surface area contributed by atoms with E-state index in [-0.39, 0.29) is 5.82 Å². The molecule has 1 aromatic heterocycles. The van der Waals surface area contributed by atoms with Crippen LogP contribution in [0.1, 0.15) is 19.5 Å². The molecule has 1 aromatic carbocycles. The normalized spacial score (nSPS) is 11.2. The Morgan fingerprint density at radius 3 is 2.89 bits per heavy atom. The average Bonchev–Trinajstić information content (AvgIpc) is 2.81. The minimum atomic E-state index is -0.313. The van der Waals surface area contributed by atoms with Gasteiger partial charge in [0.2, 0.25) is 0 Å². The highest BCUT2D eigenvalue weighted by Gasteiger charge is 2.06. The van der Waals surface area contributed by atoms with Crippen molar-refractivity contribution in [1.82, 2.24) is 20.3 Å². The highest BCUT2D eigenvalue weighted by atomic mass is 79.9. The molecule has 102 valence electrons. The van der Waals surface area contributed by atoms with E-state index in [1.54, 1.807) is 23.0 Å². The van der Waals surface area contributed by atoms with Gasteiger partial charge < -0.3 is 5.32 Å². The molecule has 0 unspecified atom stereocenters. The molecule has 2 rings (SSSR count). The van der Waals surface area contributed by atoms with Crippen LogP contribution >= 0.6 is 15.9 Å². The summed E-state index contributed by atoms with van der Waals surface area (Å²) in [6.07, 6.45) is 1.80. The summed E-state index contributed by atoms with van der Waals surface area (Å²) in [6.45, 7) is 5.89. The van der Waals surface area contributed by atoms with Crippen molar-refractivity contribution in [2.75, 3.05) is 6.54 Å². The molecule has 19 heavy (non-hydrogen) atoms. The smallest absolute Gasteiger partial charge is 0.139 e. The van der Waals surface area contributed by atoms with Crippen molar-refractivity contribution in [3.8, 4) is 5.69 Å². The van der Waals surface area contributed by atoms with Crippen LogP contribution in [0.25, 0.3) is 5.69 Å². The van der Waals surface area contributed by atoms with Crippen LogP contribution in [-0.2, 0) is 6.54 Å². The topological polar surface area (TPSA) is 42.7 Å². The van der Waals surface area contributed by atoms with Gasteiger partial charge in [-0.25, -0.2) is 9.07 Å². The third kappa shape index (κ3) is 3.84. The van der Waals surface area contributed by atoms with Gasteiger partial charge in [0.15, 0.2) is 0 Å². The zero-order valence-corrected chi connectivity index (χ0v) is 12.5. The van der Waals surface area contributed by atoms with Gasteiger partial charge in [-0.2, -0.15) is 0 Å². The Kier molecular flexibility index (Phi) is 4.66. The van der Waals surface area contributed by atoms with Crippen molar-refractivity contribution < 1.29 is 4.39 Å². The van der Waals surface area contributed by atoms with Crippen LogP contribution in [0.2, 0.25) is 0 Å². The van der Waals surface area contributed by atoms with Crippen molar-refractivity contribution in [3.05, 3.63) is 40.4 Å². The SMILES string of the molecule is CC(C)CNCc1cn(-c2ccc(Br)c(F)c2)nn1. The van der Waals surface area contributed by atoms with Crippen LogP contribution in [0, 0.1) is 11.7 Å². The maximum Gasteiger partial charge on any atom is 0.139 e. The summed E-state index contributed by atoms with van der Waals surface area (Å²) in [7, 11) is 0. The number of hydrogen-bond acceptors (Lipinski definition) is 3. The first-order valence-electron chi connectivity index (χ1n) is 6.13. The fourth-order valence-electron chi connectivity index (χ4n) is 1.62. The molecule has 0 spiro atoms. The Morgan fingerprint density at radius 1 is 1.42 bits per heavy atom. The minimum absolute atomic E-state index is 0.313. The zero-order valence-electron chi connectivity index (χ0n) is 10.9. The Bertz CT molecular complexity index is 553. The molecular weight excluding hydrogens is 311 g/mol. The Hall–Kier alpha value is -1.27. The molecule has 4 nitrogen and oxygen atoms in total. The fourth-order valence-corrected chi connectivity index (χ4v) is 1.87. The summed E-state index contributed by atoms with van der Waals surface area (Å²) in [4.78, 5) is 0. The second kappa shape index (κ2) is 6.25. The van der Waals surface area contributed by atoms with Gasteiger partial charge in [0.1, 0.15) is 5.82 Å². The van der Waals surface area contributed by atoms with Crippen LogP contribution in [-0.4, -0.2) is 21.5 Å². The maximum absolute atomic E-state index is 13.4. The Balaban J connectivity index is 2.05. The minimum Gasteiger partial charge on any atom is -0.311 e. The van der Waals surface area contributed by atoms with Gasteiger partial charge >= 0.3 is 0 Å². The monoisotopic (exact) mass is 326 g/mol. The van der Waals surface area contributed by atoms with E-state index in [9.17, 15) is 4.39 Å². The van der Waals surface area contributed by atoms with E-state index in [1.165, 1.54) is 6.07 Å². The molecule has 0 amide bonds. The quantitative estimate of drug-likeness (QED) is 0.918. The van der Waals surface area contributed by atoms with Crippen molar-refractivity contribution in [2.45, 2.75) is 20.4 Å². The van der Waals surface area contributed by atoms with Crippen LogP contribution in [0.5, 0.6) is 0 Å².